The molecule has 0 aromatic rings. The van der Waals surface area contributed by atoms with Gasteiger partial charge in [-0.25, -0.2) is 0 Å². The normalized spacial score (nSPS) is 41.3. The smallest absolute Gasteiger partial charge is 0.381 e. The van der Waals surface area contributed by atoms with Gasteiger partial charge in [0.1, 0.15) is 11.3 Å². The first-order valence-electron chi connectivity index (χ1n) is 9.53. The SMILES string of the molecule is O=C(NC1CCNC(C(F)(F)F)C1)C1SNC([C@H]2CCOC2)C1C1CC1. The molecule has 4 aliphatic rings. The Morgan fingerprint density at radius 3 is 2.62 bits per heavy atom. The van der Waals surface area contributed by atoms with E-state index < -0.39 is 18.3 Å². The highest BCUT2D eigenvalue weighted by molar-refractivity contribution is 7.99. The molecule has 5 unspecified atom stereocenters. The molecule has 148 valence electrons. The summed E-state index contributed by atoms with van der Waals surface area (Å²) < 4.78 is 47.8. The van der Waals surface area contributed by atoms with Crippen LogP contribution < -0.4 is 15.4 Å². The lowest BCUT2D eigenvalue weighted by Crippen LogP contribution is -2.54. The fourth-order valence-electron chi connectivity index (χ4n) is 4.57. The molecule has 4 fully saturated rings. The van der Waals surface area contributed by atoms with Crippen molar-refractivity contribution in [2.45, 2.75) is 61.7 Å². The van der Waals surface area contributed by atoms with Gasteiger partial charge in [0.25, 0.3) is 0 Å². The van der Waals surface area contributed by atoms with Gasteiger partial charge in [-0.1, -0.05) is 11.9 Å². The largest absolute Gasteiger partial charge is 0.403 e. The zero-order valence-electron chi connectivity index (χ0n) is 14.6. The van der Waals surface area contributed by atoms with Crippen molar-refractivity contribution in [3.63, 3.8) is 0 Å². The molecular weight excluding hydrogens is 367 g/mol. The lowest BCUT2D eigenvalue weighted by molar-refractivity contribution is -0.162. The number of hydrogen-bond donors (Lipinski definition) is 3. The summed E-state index contributed by atoms with van der Waals surface area (Å²) in [4.78, 5) is 12.9. The number of carbonyl (C=O) groups is 1. The van der Waals surface area contributed by atoms with E-state index in [-0.39, 0.29) is 36.1 Å². The zero-order chi connectivity index (χ0) is 18.3. The van der Waals surface area contributed by atoms with Crippen LogP contribution in [0.5, 0.6) is 0 Å². The van der Waals surface area contributed by atoms with Gasteiger partial charge in [-0.15, -0.1) is 0 Å². The van der Waals surface area contributed by atoms with Gasteiger partial charge in [-0.3, -0.25) is 9.52 Å². The molecule has 4 rings (SSSR count). The molecule has 1 aliphatic carbocycles. The molecular formula is C17H26F3N3O2S. The summed E-state index contributed by atoms with van der Waals surface area (Å²) in [7, 11) is 0. The number of amides is 1. The maximum absolute atomic E-state index is 13.0. The van der Waals surface area contributed by atoms with E-state index in [0.717, 1.165) is 32.5 Å². The molecule has 1 saturated carbocycles. The summed E-state index contributed by atoms with van der Waals surface area (Å²) in [5.41, 5.74) is 0. The maximum Gasteiger partial charge on any atom is 0.403 e. The Kier molecular flexibility index (Phi) is 5.42. The number of alkyl halides is 3. The summed E-state index contributed by atoms with van der Waals surface area (Å²) >= 11 is 1.46. The van der Waals surface area contributed by atoms with E-state index >= 15 is 0 Å². The first-order chi connectivity index (χ1) is 12.4. The molecule has 0 spiro atoms. The fourth-order valence-corrected chi connectivity index (χ4v) is 5.95. The van der Waals surface area contributed by atoms with Crippen LogP contribution in [-0.4, -0.2) is 55.2 Å². The molecule has 1 amide bonds. The third kappa shape index (κ3) is 4.00. The van der Waals surface area contributed by atoms with Crippen LogP contribution in [0, 0.1) is 17.8 Å². The quantitative estimate of drug-likeness (QED) is 0.637. The summed E-state index contributed by atoms with van der Waals surface area (Å²) in [6.07, 6.45) is -0.520. The van der Waals surface area contributed by atoms with Crippen molar-refractivity contribution in [2.75, 3.05) is 19.8 Å². The van der Waals surface area contributed by atoms with Crippen LogP contribution in [0.25, 0.3) is 0 Å². The number of piperidine rings is 1. The van der Waals surface area contributed by atoms with Crippen LogP contribution in [0.3, 0.4) is 0 Å². The molecule has 9 heteroatoms. The van der Waals surface area contributed by atoms with Crippen molar-refractivity contribution in [3.05, 3.63) is 0 Å². The van der Waals surface area contributed by atoms with E-state index in [1.807, 2.05) is 0 Å². The first-order valence-corrected chi connectivity index (χ1v) is 10.4. The summed E-state index contributed by atoms with van der Waals surface area (Å²) in [5, 5.41) is 5.21. The highest BCUT2D eigenvalue weighted by Crippen LogP contribution is 2.49. The Bertz CT molecular complexity index is 526. The highest BCUT2D eigenvalue weighted by Gasteiger charge is 2.52. The Hall–Kier alpha value is -0.510. The van der Waals surface area contributed by atoms with E-state index in [1.165, 1.54) is 11.9 Å². The van der Waals surface area contributed by atoms with E-state index in [9.17, 15) is 18.0 Å². The van der Waals surface area contributed by atoms with Gasteiger partial charge in [0.2, 0.25) is 5.91 Å². The monoisotopic (exact) mass is 393 g/mol. The second-order valence-corrected chi connectivity index (χ2v) is 8.98. The third-order valence-corrected chi connectivity index (χ3v) is 7.33. The molecule has 3 aliphatic heterocycles. The second-order valence-electron chi connectivity index (χ2n) is 8.00. The average molecular weight is 393 g/mol. The van der Waals surface area contributed by atoms with Crippen molar-refractivity contribution >= 4 is 17.9 Å². The van der Waals surface area contributed by atoms with Gasteiger partial charge in [0.15, 0.2) is 0 Å². The van der Waals surface area contributed by atoms with Gasteiger partial charge in [-0.05, 0) is 44.6 Å². The van der Waals surface area contributed by atoms with Crippen molar-refractivity contribution in [1.29, 1.82) is 0 Å². The minimum Gasteiger partial charge on any atom is -0.381 e. The Morgan fingerprint density at radius 2 is 1.96 bits per heavy atom. The fraction of sp³-hybridized carbons (Fsp3) is 0.941. The Morgan fingerprint density at radius 1 is 1.15 bits per heavy atom. The molecule has 0 aromatic carbocycles. The number of nitrogens with one attached hydrogen (secondary N) is 3. The number of halogens is 3. The lowest BCUT2D eigenvalue weighted by Gasteiger charge is -2.33. The average Bonchev–Trinajstić information content (AvgIpc) is 3.11. The molecule has 5 nitrogen and oxygen atoms in total. The molecule has 0 bridgehead atoms. The van der Waals surface area contributed by atoms with Crippen LogP contribution in [-0.2, 0) is 9.53 Å². The number of rotatable bonds is 4. The molecule has 3 N–H and O–H groups in total. The van der Waals surface area contributed by atoms with E-state index in [1.54, 1.807) is 0 Å². The van der Waals surface area contributed by atoms with Crippen molar-refractivity contribution in [2.24, 2.45) is 17.8 Å². The van der Waals surface area contributed by atoms with Gasteiger partial charge in [0, 0.05) is 30.5 Å². The molecule has 0 radical (unpaired) electrons. The summed E-state index contributed by atoms with van der Waals surface area (Å²) in [6, 6.07) is -1.68. The molecule has 3 heterocycles. The predicted molar refractivity (Wildman–Crippen MR) is 92.5 cm³/mol. The minimum absolute atomic E-state index is 0.0892. The van der Waals surface area contributed by atoms with E-state index in [2.05, 4.69) is 15.4 Å². The molecule has 3 saturated heterocycles. The van der Waals surface area contributed by atoms with Crippen molar-refractivity contribution < 1.29 is 22.7 Å². The number of ether oxygens (including phenoxy) is 1. The lowest BCUT2D eigenvalue weighted by atomic mass is 9.82. The van der Waals surface area contributed by atoms with Crippen LogP contribution in [0.15, 0.2) is 0 Å². The zero-order valence-corrected chi connectivity index (χ0v) is 15.4. The molecule has 6 atom stereocenters. The first kappa shape index (κ1) is 18.8. The van der Waals surface area contributed by atoms with Gasteiger partial charge < -0.3 is 15.4 Å². The summed E-state index contributed by atoms with van der Waals surface area (Å²) in [6.45, 7) is 1.78. The van der Waals surface area contributed by atoms with Crippen molar-refractivity contribution in [1.82, 2.24) is 15.4 Å². The van der Waals surface area contributed by atoms with Crippen LogP contribution in [0.1, 0.15) is 32.1 Å². The third-order valence-electron chi connectivity index (χ3n) is 6.14. The van der Waals surface area contributed by atoms with Gasteiger partial charge in [-0.2, -0.15) is 13.2 Å². The molecule has 0 aromatic heterocycles. The Labute approximate surface area is 155 Å². The van der Waals surface area contributed by atoms with Crippen LogP contribution >= 0.6 is 11.9 Å². The molecule has 26 heavy (non-hydrogen) atoms. The van der Waals surface area contributed by atoms with Crippen molar-refractivity contribution in [3.8, 4) is 0 Å². The van der Waals surface area contributed by atoms with E-state index in [0.29, 0.717) is 18.3 Å². The predicted octanol–water partition coefficient (Wildman–Crippen LogP) is 1.84. The van der Waals surface area contributed by atoms with E-state index in [4.69, 9.17) is 4.74 Å². The Balaban J connectivity index is 1.38. The highest BCUT2D eigenvalue weighted by atomic mass is 32.2. The maximum atomic E-state index is 13.0. The topological polar surface area (TPSA) is 62.4 Å². The standard InChI is InChI=1S/C17H26F3N3O2S/c18-17(19,20)12-7-11(3-5-21-12)22-16(24)15-13(9-1-2-9)14(23-26-15)10-4-6-25-8-10/h9-15,21,23H,1-8H2,(H,22,24)/t10-,11?,12?,13?,14?,15?/m0/s1. The van der Waals surface area contributed by atoms with Gasteiger partial charge in [0.05, 0.1) is 6.61 Å². The van der Waals surface area contributed by atoms with Crippen LogP contribution in [0.4, 0.5) is 13.2 Å². The number of carbonyl (C=O) groups excluding carboxylic acids is 1. The van der Waals surface area contributed by atoms with Gasteiger partial charge >= 0.3 is 6.18 Å². The van der Waals surface area contributed by atoms with Crippen LogP contribution in [0.2, 0.25) is 0 Å². The summed E-state index contributed by atoms with van der Waals surface area (Å²) in [5.74, 6) is 1.13. The number of hydrogen-bond acceptors (Lipinski definition) is 5. The minimum atomic E-state index is -4.27. The second kappa shape index (κ2) is 7.48.